The first-order valence-corrected chi connectivity index (χ1v) is 7.51. The molecule has 1 aliphatic rings. The molecular formula is C15H27N3O. The highest BCUT2D eigenvalue weighted by Crippen LogP contribution is 2.24. The second-order valence-electron chi connectivity index (χ2n) is 6.16. The molecule has 1 fully saturated rings. The van der Waals surface area contributed by atoms with E-state index in [-0.39, 0.29) is 6.10 Å². The Balaban J connectivity index is 1.81. The van der Waals surface area contributed by atoms with Crippen LogP contribution in [0.1, 0.15) is 64.1 Å². The van der Waals surface area contributed by atoms with Crippen molar-refractivity contribution in [1.29, 1.82) is 0 Å². The van der Waals surface area contributed by atoms with Crippen LogP contribution in [0.2, 0.25) is 0 Å². The Hall–Kier alpha value is -0.870. The molecule has 0 radical (unpaired) electrons. The fourth-order valence-electron chi connectivity index (χ4n) is 2.77. The molecule has 2 N–H and O–H groups in total. The third-order valence-electron chi connectivity index (χ3n) is 4.12. The maximum Gasteiger partial charge on any atom is 0.0543 e. The van der Waals surface area contributed by atoms with Gasteiger partial charge in [-0.3, -0.25) is 4.68 Å². The van der Waals surface area contributed by atoms with E-state index in [1.54, 1.807) is 0 Å². The summed E-state index contributed by atoms with van der Waals surface area (Å²) in [5, 5.41) is 17.6. The summed E-state index contributed by atoms with van der Waals surface area (Å²) in [6, 6.07) is 0.737. The fourth-order valence-corrected chi connectivity index (χ4v) is 2.77. The Morgan fingerprint density at radius 2 is 2.21 bits per heavy atom. The maximum atomic E-state index is 9.69. The zero-order valence-corrected chi connectivity index (χ0v) is 12.3. The summed E-state index contributed by atoms with van der Waals surface area (Å²) in [6.45, 7) is 7.45. The van der Waals surface area contributed by atoms with Crippen LogP contribution in [0.3, 0.4) is 0 Å². The van der Waals surface area contributed by atoms with Crippen LogP contribution >= 0.6 is 0 Å². The number of nitrogens with one attached hydrogen (secondary N) is 1. The first kappa shape index (κ1) is 14.5. The van der Waals surface area contributed by atoms with Crippen LogP contribution in [0.25, 0.3) is 0 Å². The molecule has 3 atom stereocenters. The van der Waals surface area contributed by atoms with Crippen molar-refractivity contribution in [2.45, 2.75) is 64.6 Å². The number of rotatable bonds is 5. The van der Waals surface area contributed by atoms with Crippen LogP contribution < -0.4 is 5.32 Å². The van der Waals surface area contributed by atoms with E-state index in [2.05, 4.69) is 37.4 Å². The molecule has 0 bridgehead atoms. The summed E-state index contributed by atoms with van der Waals surface area (Å²) >= 11 is 0. The smallest absolute Gasteiger partial charge is 0.0543 e. The summed E-state index contributed by atoms with van der Waals surface area (Å²) in [5.74, 6) is 0.617. The maximum absolute atomic E-state index is 9.69. The van der Waals surface area contributed by atoms with Crippen molar-refractivity contribution in [3.8, 4) is 0 Å². The Morgan fingerprint density at radius 1 is 1.42 bits per heavy atom. The quantitative estimate of drug-likeness (QED) is 0.860. The van der Waals surface area contributed by atoms with E-state index in [0.717, 1.165) is 25.8 Å². The van der Waals surface area contributed by atoms with Gasteiger partial charge in [0.1, 0.15) is 0 Å². The lowest BCUT2D eigenvalue weighted by molar-refractivity contribution is 0.0998. The summed E-state index contributed by atoms with van der Waals surface area (Å²) < 4.78 is 2.00. The number of aliphatic hydroxyl groups is 1. The van der Waals surface area contributed by atoms with E-state index in [0.29, 0.717) is 18.0 Å². The zero-order chi connectivity index (χ0) is 13.8. The molecule has 1 aliphatic carbocycles. The predicted octanol–water partition coefficient (Wildman–Crippen LogP) is 2.67. The lowest BCUT2D eigenvalue weighted by Gasteiger charge is -2.27. The van der Waals surface area contributed by atoms with E-state index >= 15 is 0 Å². The zero-order valence-electron chi connectivity index (χ0n) is 12.3. The Labute approximate surface area is 116 Å². The standard InChI is InChI=1S/C15H27N3O/c1-11(2)18-10-14(9-17-18)12(3)16-8-13-5-4-6-15(19)7-13/h9-13,15-16,19H,4-8H2,1-3H3. The molecule has 0 aromatic carbocycles. The van der Waals surface area contributed by atoms with Crippen LogP contribution in [-0.4, -0.2) is 27.5 Å². The summed E-state index contributed by atoms with van der Waals surface area (Å²) in [7, 11) is 0. The Kier molecular flexibility index (Phi) is 4.99. The summed E-state index contributed by atoms with van der Waals surface area (Å²) in [4.78, 5) is 0. The van der Waals surface area contributed by atoms with E-state index in [9.17, 15) is 5.11 Å². The molecule has 1 aromatic rings. The normalized spacial score (nSPS) is 25.7. The van der Waals surface area contributed by atoms with Gasteiger partial charge in [-0.1, -0.05) is 6.42 Å². The minimum atomic E-state index is -0.0838. The van der Waals surface area contributed by atoms with E-state index < -0.39 is 0 Å². The first-order chi connectivity index (χ1) is 9.06. The number of aromatic nitrogens is 2. The van der Waals surface area contributed by atoms with Crippen LogP contribution in [0.5, 0.6) is 0 Å². The highest BCUT2D eigenvalue weighted by molar-refractivity contribution is 5.09. The van der Waals surface area contributed by atoms with Gasteiger partial charge >= 0.3 is 0 Å². The van der Waals surface area contributed by atoms with Crippen LogP contribution in [0.4, 0.5) is 0 Å². The number of hydrogen-bond acceptors (Lipinski definition) is 3. The van der Waals surface area contributed by atoms with Gasteiger partial charge in [-0.25, -0.2) is 0 Å². The Bertz CT molecular complexity index is 388. The highest BCUT2D eigenvalue weighted by Gasteiger charge is 2.20. The van der Waals surface area contributed by atoms with E-state index in [1.807, 2.05) is 10.9 Å². The van der Waals surface area contributed by atoms with Gasteiger partial charge in [-0.2, -0.15) is 5.10 Å². The molecule has 4 heteroatoms. The van der Waals surface area contributed by atoms with E-state index in [4.69, 9.17) is 0 Å². The third-order valence-corrected chi connectivity index (χ3v) is 4.12. The molecular weight excluding hydrogens is 238 g/mol. The average molecular weight is 265 g/mol. The molecule has 1 heterocycles. The van der Waals surface area contributed by atoms with Crippen molar-refractivity contribution in [3.05, 3.63) is 18.0 Å². The van der Waals surface area contributed by atoms with Crippen molar-refractivity contribution in [1.82, 2.24) is 15.1 Å². The molecule has 0 spiro atoms. The first-order valence-electron chi connectivity index (χ1n) is 7.51. The molecule has 0 aliphatic heterocycles. The molecule has 19 heavy (non-hydrogen) atoms. The van der Waals surface area contributed by atoms with Gasteiger partial charge in [0.25, 0.3) is 0 Å². The van der Waals surface area contributed by atoms with Gasteiger partial charge in [0.15, 0.2) is 0 Å². The largest absolute Gasteiger partial charge is 0.393 e. The molecule has 2 rings (SSSR count). The van der Waals surface area contributed by atoms with Gasteiger partial charge in [0.05, 0.1) is 12.3 Å². The number of hydrogen-bond donors (Lipinski definition) is 2. The molecule has 108 valence electrons. The lowest BCUT2D eigenvalue weighted by Crippen LogP contribution is -2.30. The monoisotopic (exact) mass is 265 g/mol. The molecule has 1 aromatic heterocycles. The number of aliphatic hydroxyl groups excluding tert-OH is 1. The second kappa shape index (κ2) is 6.53. The van der Waals surface area contributed by atoms with Gasteiger partial charge in [0, 0.05) is 23.8 Å². The predicted molar refractivity (Wildman–Crippen MR) is 77.0 cm³/mol. The van der Waals surface area contributed by atoms with Crippen LogP contribution in [0, 0.1) is 5.92 Å². The minimum Gasteiger partial charge on any atom is -0.393 e. The molecule has 1 saturated carbocycles. The van der Waals surface area contributed by atoms with Gasteiger partial charge in [-0.05, 0) is 52.5 Å². The summed E-state index contributed by atoms with van der Waals surface area (Å²) in [6.07, 6.45) is 8.32. The topological polar surface area (TPSA) is 50.1 Å². The average Bonchev–Trinajstić information content (AvgIpc) is 2.86. The fraction of sp³-hybridized carbons (Fsp3) is 0.800. The van der Waals surface area contributed by atoms with Crippen molar-refractivity contribution >= 4 is 0 Å². The molecule has 0 saturated heterocycles. The minimum absolute atomic E-state index is 0.0838. The van der Waals surface area contributed by atoms with Crippen molar-refractivity contribution in [3.63, 3.8) is 0 Å². The van der Waals surface area contributed by atoms with Gasteiger partial charge < -0.3 is 10.4 Å². The molecule has 4 nitrogen and oxygen atoms in total. The molecule has 3 unspecified atom stereocenters. The van der Waals surface area contributed by atoms with Crippen LogP contribution in [-0.2, 0) is 0 Å². The summed E-state index contributed by atoms with van der Waals surface area (Å²) in [5.41, 5.74) is 1.24. The lowest BCUT2D eigenvalue weighted by atomic mass is 9.87. The Morgan fingerprint density at radius 3 is 2.84 bits per heavy atom. The van der Waals surface area contributed by atoms with Gasteiger partial charge in [-0.15, -0.1) is 0 Å². The van der Waals surface area contributed by atoms with E-state index in [1.165, 1.54) is 12.0 Å². The highest BCUT2D eigenvalue weighted by atomic mass is 16.3. The number of nitrogens with zero attached hydrogens (tertiary/aromatic N) is 2. The molecule has 0 amide bonds. The SMILES string of the molecule is CC(NCC1CCCC(O)C1)c1cnn(C(C)C)c1. The van der Waals surface area contributed by atoms with Crippen LogP contribution in [0.15, 0.2) is 12.4 Å². The second-order valence-corrected chi connectivity index (χ2v) is 6.16. The van der Waals surface area contributed by atoms with Crippen molar-refractivity contribution in [2.24, 2.45) is 5.92 Å². The van der Waals surface area contributed by atoms with Crippen molar-refractivity contribution < 1.29 is 5.11 Å². The third kappa shape index (κ3) is 4.05. The van der Waals surface area contributed by atoms with Crippen molar-refractivity contribution in [2.75, 3.05) is 6.54 Å². The van der Waals surface area contributed by atoms with Gasteiger partial charge in [0.2, 0.25) is 0 Å².